The Morgan fingerprint density at radius 1 is 0.345 bits per heavy atom. The van der Waals surface area contributed by atoms with Crippen molar-refractivity contribution in [3.63, 3.8) is 0 Å². The largest absolute Gasteiger partial charge is 0.459 e. The van der Waals surface area contributed by atoms with Gasteiger partial charge in [-0.15, -0.1) is 6.58 Å². The number of fused-ring (bicyclic) bond motifs is 1. The molecule has 0 saturated carbocycles. The maximum Gasteiger partial charge on any atom is 0.339 e. The Morgan fingerprint density at radius 3 is 1.08 bits per heavy atom. The summed E-state index contributed by atoms with van der Waals surface area (Å²) < 4.78 is 144. The molecule has 5 heterocycles. The number of benzene rings is 13. The maximum atomic E-state index is 15.9. The van der Waals surface area contributed by atoms with Gasteiger partial charge in [0, 0.05) is 10.5 Å². The van der Waals surface area contributed by atoms with Crippen molar-refractivity contribution in [1.29, 1.82) is 0 Å². The van der Waals surface area contributed by atoms with Crippen molar-refractivity contribution in [3.8, 4) is 0 Å². The van der Waals surface area contributed by atoms with Crippen LogP contribution in [0.15, 0.2) is 406 Å². The van der Waals surface area contributed by atoms with Gasteiger partial charge in [0.25, 0.3) is 8.32 Å². The minimum atomic E-state index is -3.43. The van der Waals surface area contributed by atoms with Crippen molar-refractivity contribution in [2.24, 2.45) is 0 Å². The maximum absolute atomic E-state index is 15.9. The van der Waals surface area contributed by atoms with E-state index in [0.29, 0.717) is 0 Å². The fourth-order valence-electron chi connectivity index (χ4n) is 19.1. The Hall–Kier alpha value is -11.7. The van der Waals surface area contributed by atoms with Gasteiger partial charge in [0.1, 0.15) is 116 Å². The SMILES string of the molecule is C=CCO[C@H]1O[C@H](CO[Si](c2ccccc2)(c2ccccc2)C(C)(C)C)[C@@H](O[C@H]2O[C@H](COC(=O)c3ccccc3C(=O)OC[C@H]3O[C@@H](Sc4ccccc4)[C@H](OCc4ccccc4)[C@@H](OCc4ccccc4)[C@@H]3O[C@H]3O[C@@H]4CO[C@@H](c5ccccc5)O[C@H]4[C@H](OCc4ccccc4)[C@H]3OCc3ccccc3)[C@@H](O)[C@H](OCc3ccccc3)[C@H]2OCc2ccccc2)[C@H](OCc2ccccc2)[C@H]1OCc1ccccc1. The number of aliphatic hydroxyl groups excluding tert-OH is 1. The molecule has 5 aliphatic heterocycles. The van der Waals surface area contributed by atoms with Gasteiger partial charge in [-0.3, -0.25) is 0 Å². The van der Waals surface area contributed by atoms with Gasteiger partial charge in [0.05, 0.1) is 83.8 Å². The lowest BCUT2D eigenvalue weighted by Gasteiger charge is -2.51. The molecule has 25 heteroatoms. The number of carbonyl (C=O) groups excluding carboxylic acids is 2. The second kappa shape index (κ2) is 51.6. The molecule has 145 heavy (non-hydrogen) atoms. The lowest BCUT2D eigenvalue weighted by Crippen LogP contribution is -2.69. The number of rotatable bonds is 45. The van der Waals surface area contributed by atoms with Crippen molar-refractivity contribution in [2.45, 2.75) is 212 Å². The van der Waals surface area contributed by atoms with Gasteiger partial charge in [0.15, 0.2) is 25.2 Å². The average Bonchev–Trinajstić information content (AvgIpc) is 0.738. The molecule has 5 aliphatic rings. The minimum absolute atomic E-state index is 0.0112. The Balaban J connectivity index is 0.693. The zero-order valence-electron chi connectivity index (χ0n) is 81.4. The standard InChI is InChI=1S/C120H124O23SSi/c1-5-70-124-116-110(130-76-88-54-28-11-29-55-88)106(126-72-84-46-20-7-21-47-84)104(100(138-116)82-136-145(120(2,3)4,93-64-38-16-39-65-93)94-66-40-17-41-67-94)143-117-109(129-75-87-52-26-10-27-53-87)105(125-71-83-44-18-6-19-45-83)101(121)97(137-117)79-133-113(122)95-68-42-43-69-96(95)114(123)134-80-99-103(108(128-74-86-50-24-9-25-51-86)112(132-78-90-58-32-13-33-59-90)119(140-99)144-92-62-36-15-37-63-92)142-118-111(131-77-89-56-30-12-31-57-89)107(127-73-85-48-22-8-23-49-85)102-98(139-118)81-135-115(141-102)91-60-34-14-35-61-91/h5-69,97-112,115-119,121H,1,70-82H2,2-4H3/t97-,98-,99-,100-,101-,102-,103-,104-,105+,106+,107+,108+,109-,110-,111-,112-,115-,116+,117-,118-,119+/m1/s1. The normalized spacial score (nSPS) is 25.3. The summed E-state index contributed by atoms with van der Waals surface area (Å²) in [6.45, 7) is 10.1. The molecular formula is C120H124O23SSi. The van der Waals surface area contributed by atoms with Crippen molar-refractivity contribution < 1.29 is 109 Å². The van der Waals surface area contributed by atoms with Crippen LogP contribution in [0.5, 0.6) is 0 Å². The van der Waals surface area contributed by atoms with Gasteiger partial charge in [-0.1, -0.05) is 403 Å². The van der Waals surface area contributed by atoms with Crippen LogP contribution in [0.2, 0.25) is 5.04 Å². The highest BCUT2D eigenvalue weighted by Crippen LogP contribution is 2.46. The van der Waals surface area contributed by atoms with E-state index in [0.717, 1.165) is 65.3 Å². The van der Waals surface area contributed by atoms with Gasteiger partial charge in [-0.2, -0.15) is 0 Å². The summed E-state index contributed by atoms with van der Waals surface area (Å²) in [6.07, 6.45) is -21.3. The van der Waals surface area contributed by atoms with Crippen molar-refractivity contribution >= 4 is 42.4 Å². The molecule has 0 unspecified atom stereocenters. The molecule has 13 aromatic rings. The summed E-state index contributed by atoms with van der Waals surface area (Å²) in [6, 6.07) is 124. The summed E-state index contributed by atoms with van der Waals surface area (Å²) in [5.41, 5.74) is 6.31. The van der Waals surface area contributed by atoms with E-state index >= 15 is 9.59 Å². The van der Waals surface area contributed by atoms with E-state index in [1.165, 1.54) is 23.9 Å². The Kier molecular flexibility index (Phi) is 36.8. The number of carbonyl (C=O) groups is 2. The fraction of sp³-hybridized carbons (Fsp3) is 0.317. The predicted octanol–water partition coefficient (Wildman–Crippen LogP) is 19.4. The molecule has 0 amide bonds. The molecule has 0 aliphatic carbocycles. The van der Waals surface area contributed by atoms with Gasteiger partial charge in [-0.05, 0) is 84.2 Å². The van der Waals surface area contributed by atoms with Crippen molar-refractivity contribution in [3.05, 3.63) is 462 Å². The highest BCUT2D eigenvalue weighted by Gasteiger charge is 2.60. The summed E-state index contributed by atoms with van der Waals surface area (Å²) in [4.78, 5) is 32.4. The summed E-state index contributed by atoms with van der Waals surface area (Å²) >= 11 is 1.41. The highest BCUT2D eigenvalue weighted by molar-refractivity contribution is 7.99. The Morgan fingerprint density at radius 2 is 0.669 bits per heavy atom. The Bertz CT molecular complexity index is 6020. The molecule has 13 aromatic carbocycles. The predicted molar refractivity (Wildman–Crippen MR) is 550 cm³/mol. The molecular weight excluding hydrogens is 1870 g/mol. The first-order valence-electron chi connectivity index (χ1n) is 49.5. The molecule has 5 fully saturated rings. The number of aliphatic hydroxyl groups is 1. The minimum Gasteiger partial charge on any atom is -0.459 e. The molecule has 1 N–H and O–H groups in total. The smallest absolute Gasteiger partial charge is 0.339 e. The molecule has 18 rings (SSSR count). The second-order valence-corrected chi connectivity index (χ2v) is 42.9. The number of hydrogen-bond donors (Lipinski definition) is 1. The highest BCUT2D eigenvalue weighted by atomic mass is 32.2. The average molecular weight is 1990 g/mol. The van der Waals surface area contributed by atoms with Crippen molar-refractivity contribution in [2.75, 3.05) is 33.0 Å². The number of ether oxygens (including phenoxy) is 19. The van der Waals surface area contributed by atoms with E-state index in [9.17, 15) is 5.11 Å². The summed E-state index contributed by atoms with van der Waals surface area (Å²) in [5.74, 6) is -1.91. The van der Waals surface area contributed by atoms with Gasteiger partial charge < -0.3 is 99.5 Å². The zero-order chi connectivity index (χ0) is 99.4. The number of esters is 2. The van der Waals surface area contributed by atoms with Crippen molar-refractivity contribution in [1.82, 2.24) is 0 Å². The number of hydrogen-bond acceptors (Lipinski definition) is 24. The summed E-state index contributed by atoms with van der Waals surface area (Å²) in [5, 5.41) is 14.9. The van der Waals surface area contributed by atoms with E-state index in [4.69, 9.17) is 94.4 Å². The van der Waals surface area contributed by atoms with Crippen LogP contribution in [0.3, 0.4) is 0 Å². The quantitative estimate of drug-likeness (QED) is 0.0212. The molecule has 0 radical (unpaired) electrons. The zero-order valence-corrected chi connectivity index (χ0v) is 83.2. The van der Waals surface area contributed by atoms with E-state index < -0.39 is 167 Å². The van der Waals surface area contributed by atoms with Crippen LogP contribution in [-0.4, -0.2) is 180 Å². The van der Waals surface area contributed by atoms with Crippen LogP contribution in [-0.2, 0) is 147 Å². The molecule has 752 valence electrons. The molecule has 23 nitrogen and oxygen atoms in total. The fourth-order valence-corrected chi connectivity index (χ4v) is 24.9. The third-order valence-electron chi connectivity index (χ3n) is 26.4. The van der Waals surface area contributed by atoms with Gasteiger partial charge in [0.2, 0.25) is 0 Å². The molecule has 21 atom stereocenters. The van der Waals surface area contributed by atoms with Crippen LogP contribution in [0.25, 0.3) is 0 Å². The number of thioether (sulfide) groups is 1. The topological polar surface area (TPSA) is 239 Å². The second-order valence-electron chi connectivity index (χ2n) is 37.4. The van der Waals surface area contributed by atoms with Gasteiger partial charge in [-0.25, -0.2) is 9.59 Å². The molecule has 5 saturated heterocycles. The van der Waals surface area contributed by atoms with Crippen LogP contribution < -0.4 is 10.4 Å². The van der Waals surface area contributed by atoms with Crippen LogP contribution in [0.1, 0.15) is 97.8 Å². The lowest BCUT2D eigenvalue weighted by atomic mass is 9.95. The Labute approximate surface area is 853 Å². The molecule has 0 bridgehead atoms. The summed E-state index contributed by atoms with van der Waals surface area (Å²) in [7, 11) is -3.43. The van der Waals surface area contributed by atoms with Crippen LogP contribution in [0, 0.1) is 0 Å². The van der Waals surface area contributed by atoms with Crippen LogP contribution >= 0.6 is 11.8 Å². The first kappa shape index (κ1) is 103. The monoisotopic (exact) mass is 1990 g/mol. The van der Waals surface area contributed by atoms with E-state index in [1.54, 1.807) is 18.2 Å². The third-order valence-corrected chi connectivity index (χ3v) is 32.6. The van der Waals surface area contributed by atoms with Crippen LogP contribution in [0.4, 0.5) is 0 Å². The first-order valence-corrected chi connectivity index (χ1v) is 52.3. The van der Waals surface area contributed by atoms with E-state index in [2.05, 4.69) is 51.6 Å². The van der Waals surface area contributed by atoms with Gasteiger partial charge >= 0.3 is 11.9 Å². The molecule has 0 aromatic heterocycles. The van der Waals surface area contributed by atoms with E-state index in [1.807, 2.05) is 340 Å². The lowest BCUT2D eigenvalue weighted by molar-refractivity contribution is -0.388. The molecule has 0 spiro atoms. The third kappa shape index (κ3) is 26.9. The van der Waals surface area contributed by atoms with E-state index in [-0.39, 0.29) is 83.8 Å². The first-order chi connectivity index (χ1) is 71.2.